The quantitative estimate of drug-likeness (QED) is 0.381. The smallest absolute Gasteiger partial charge is 0.193 e. The van der Waals surface area contributed by atoms with E-state index in [0.717, 1.165) is 65.0 Å². The number of benzene rings is 1. The van der Waals surface area contributed by atoms with Crippen LogP contribution in [0.1, 0.15) is 30.9 Å². The zero-order chi connectivity index (χ0) is 19.4. The van der Waals surface area contributed by atoms with E-state index in [4.69, 9.17) is 9.47 Å². The highest BCUT2D eigenvalue weighted by Gasteiger charge is 2.42. The lowest BCUT2D eigenvalue weighted by atomic mass is 9.87. The third-order valence-electron chi connectivity index (χ3n) is 6.31. The Kier molecular flexibility index (Phi) is 8.18. The number of hydrogen-bond acceptors (Lipinski definition) is 4. The first-order chi connectivity index (χ1) is 13.7. The van der Waals surface area contributed by atoms with Gasteiger partial charge in [-0.3, -0.25) is 9.89 Å². The molecule has 0 bridgehead atoms. The van der Waals surface area contributed by atoms with Crippen LogP contribution in [0, 0.1) is 5.41 Å². The molecule has 3 heterocycles. The highest BCUT2D eigenvalue weighted by atomic mass is 127. The van der Waals surface area contributed by atoms with Gasteiger partial charge in [0.1, 0.15) is 0 Å². The van der Waals surface area contributed by atoms with Gasteiger partial charge >= 0.3 is 0 Å². The summed E-state index contributed by atoms with van der Waals surface area (Å²) < 4.78 is 11.3. The van der Waals surface area contributed by atoms with Crippen molar-refractivity contribution in [3.05, 3.63) is 35.4 Å². The Morgan fingerprint density at radius 2 is 2.10 bits per heavy atom. The van der Waals surface area contributed by atoms with Crippen LogP contribution >= 0.6 is 24.0 Å². The predicted octanol–water partition coefficient (Wildman–Crippen LogP) is 2.71. The number of morpholine rings is 1. The fourth-order valence-electron chi connectivity index (χ4n) is 4.73. The van der Waals surface area contributed by atoms with Crippen molar-refractivity contribution < 1.29 is 9.47 Å². The van der Waals surface area contributed by atoms with Crippen LogP contribution in [0.25, 0.3) is 0 Å². The zero-order valence-electron chi connectivity index (χ0n) is 17.7. The molecule has 0 saturated carbocycles. The lowest BCUT2D eigenvalue weighted by Gasteiger charge is -2.31. The van der Waals surface area contributed by atoms with Crippen LogP contribution in [0.3, 0.4) is 0 Å². The van der Waals surface area contributed by atoms with Gasteiger partial charge in [-0.2, -0.15) is 0 Å². The molecule has 0 aliphatic carbocycles. The summed E-state index contributed by atoms with van der Waals surface area (Å²) in [6.45, 7) is 10.7. The lowest BCUT2D eigenvalue weighted by Crippen LogP contribution is -2.41. The first kappa shape index (κ1) is 22.8. The number of hydrogen-bond donors (Lipinski definition) is 1. The Balaban J connectivity index is 0.00000240. The van der Waals surface area contributed by atoms with E-state index in [9.17, 15) is 0 Å². The molecule has 29 heavy (non-hydrogen) atoms. The SMILES string of the molecule is CN=C(NCc1cccc(CN2CCOC(C)C2)c1)N1CCC2(CCOC2)C1.I. The Bertz CT molecular complexity index is 693. The van der Waals surface area contributed by atoms with Crippen molar-refractivity contribution in [2.75, 3.05) is 53.0 Å². The molecule has 3 saturated heterocycles. The zero-order valence-corrected chi connectivity index (χ0v) is 20.1. The van der Waals surface area contributed by atoms with Crippen molar-refractivity contribution in [1.82, 2.24) is 15.1 Å². The van der Waals surface area contributed by atoms with Crippen LogP contribution in [0.2, 0.25) is 0 Å². The summed E-state index contributed by atoms with van der Waals surface area (Å²) in [5.74, 6) is 1.01. The lowest BCUT2D eigenvalue weighted by molar-refractivity contribution is -0.0212. The summed E-state index contributed by atoms with van der Waals surface area (Å²) in [5, 5.41) is 3.57. The van der Waals surface area contributed by atoms with Gasteiger partial charge in [-0.15, -0.1) is 24.0 Å². The van der Waals surface area contributed by atoms with Gasteiger partial charge in [0.25, 0.3) is 0 Å². The number of aliphatic imine (C=N–C) groups is 1. The topological polar surface area (TPSA) is 49.3 Å². The molecule has 1 aromatic rings. The van der Waals surface area contributed by atoms with Crippen molar-refractivity contribution in [3.8, 4) is 0 Å². The third-order valence-corrected chi connectivity index (χ3v) is 6.31. The maximum atomic E-state index is 5.66. The number of guanidine groups is 1. The van der Waals surface area contributed by atoms with Gasteiger partial charge in [-0.25, -0.2) is 0 Å². The Morgan fingerprint density at radius 1 is 1.24 bits per heavy atom. The van der Waals surface area contributed by atoms with Crippen LogP contribution in [0.5, 0.6) is 0 Å². The average molecular weight is 514 g/mol. The highest BCUT2D eigenvalue weighted by molar-refractivity contribution is 14.0. The Labute approximate surface area is 192 Å². The molecular weight excluding hydrogens is 479 g/mol. The van der Waals surface area contributed by atoms with Gasteiger partial charge in [0.15, 0.2) is 5.96 Å². The highest BCUT2D eigenvalue weighted by Crippen LogP contribution is 2.38. The molecule has 3 aliphatic heterocycles. The van der Waals surface area contributed by atoms with Crippen LogP contribution in [-0.4, -0.2) is 74.9 Å². The Morgan fingerprint density at radius 3 is 2.86 bits per heavy atom. The molecule has 7 heteroatoms. The van der Waals surface area contributed by atoms with Crippen molar-refractivity contribution in [2.24, 2.45) is 10.4 Å². The van der Waals surface area contributed by atoms with Crippen molar-refractivity contribution in [1.29, 1.82) is 0 Å². The summed E-state index contributed by atoms with van der Waals surface area (Å²) in [6.07, 6.45) is 2.72. The molecule has 6 nitrogen and oxygen atoms in total. The number of halogens is 1. The molecule has 1 aromatic carbocycles. The summed E-state index contributed by atoms with van der Waals surface area (Å²) in [5.41, 5.74) is 3.03. The monoisotopic (exact) mass is 514 g/mol. The molecule has 1 spiro atoms. The number of likely N-dealkylation sites (tertiary alicyclic amines) is 1. The number of nitrogens with zero attached hydrogens (tertiary/aromatic N) is 3. The molecule has 0 radical (unpaired) electrons. The van der Waals surface area contributed by atoms with Crippen molar-refractivity contribution in [3.63, 3.8) is 0 Å². The van der Waals surface area contributed by atoms with Crippen molar-refractivity contribution >= 4 is 29.9 Å². The minimum atomic E-state index is 0. The van der Waals surface area contributed by atoms with Crippen LogP contribution < -0.4 is 5.32 Å². The number of nitrogens with one attached hydrogen (secondary N) is 1. The van der Waals surface area contributed by atoms with E-state index in [-0.39, 0.29) is 24.0 Å². The number of rotatable bonds is 4. The van der Waals surface area contributed by atoms with Crippen LogP contribution in [0.15, 0.2) is 29.3 Å². The van der Waals surface area contributed by atoms with Gasteiger partial charge in [-0.05, 0) is 30.9 Å². The maximum absolute atomic E-state index is 5.66. The summed E-state index contributed by atoms with van der Waals surface area (Å²) in [6, 6.07) is 8.90. The average Bonchev–Trinajstić information content (AvgIpc) is 3.33. The van der Waals surface area contributed by atoms with Gasteiger partial charge < -0.3 is 19.7 Å². The Hall–Kier alpha value is -0.900. The molecule has 2 atom stereocenters. The summed E-state index contributed by atoms with van der Waals surface area (Å²) in [7, 11) is 1.88. The minimum Gasteiger partial charge on any atom is -0.381 e. The molecule has 0 aromatic heterocycles. The van der Waals surface area contributed by atoms with Gasteiger partial charge in [0.05, 0.1) is 19.3 Å². The molecule has 0 amide bonds. The van der Waals surface area contributed by atoms with E-state index in [2.05, 4.69) is 51.3 Å². The number of ether oxygens (including phenoxy) is 2. The summed E-state index contributed by atoms with van der Waals surface area (Å²) in [4.78, 5) is 9.41. The maximum Gasteiger partial charge on any atom is 0.193 e. The molecule has 3 aliphatic rings. The van der Waals surface area contributed by atoms with Gasteiger partial charge in [0.2, 0.25) is 0 Å². The normalized spacial score (nSPS) is 28.0. The van der Waals surface area contributed by atoms with E-state index >= 15 is 0 Å². The second kappa shape index (κ2) is 10.4. The second-order valence-corrected chi connectivity index (χ2v) is 8.61. The molecule has 1 N–H and O–H groups in total. The van der Waals surface area contributed by atoms with E-state index in [1.165, 1.54) is 24.0 Å². The van der Waals surface area contributed by atoms with E-state index < -0.39 is 0 Å². The molecule has 4 rings (SSSR count). The van der Waals surface area contributed by atoms with Gasteiger partial charge in [-0.1, -0.05) is 24.3 Å². The second-order valence-electron chi connectivity index (χ2n) is 8.61. The first-order valence-corrected chi connectivity index (χ1v) is 10.6. The fourth-order valence-corrected chi connectivity index (χ4v) is 4.73. The van der Waals surface area contributed by atoms with Crippen molar-refractivity contribution in [2.45, 2.75) is 39.0 Å². The largest absolute Gasteiger partial charge is 0.381 e. The minimum absolute atomic E-state index is 0. The molecular formula is C22H35IN4O2. The van der Waals surface area contributed by atoms with Gasteiger partial charge in [0, 0.05) is 58.3 Å². The third kappa shape index (κ3) is 5.83. The molecule has 2 unspecified atom stereocenters. The summed E-state index contributed by atoms with van der Waals surface area (Å²) >= 11 is 0. The fraction of sp³-hybridized carbons (Fsp3) is 0.682. The molecule has 3 fully saturated rings. The van der Waals surface area contributed by atoms with E-state index in [1.807, 2.05) is 7.05 Å². The first-order valence-electron chi connectivity index (χ1n) is 10.6. The van der Waals surface area contributed by atoms with Crippen LogP contribution in [0.4, 0.5) is 0 Å². The standard InChI is InChI=1S/C22H34N4O2.HI/c1-18-14-25(9-11-28-18)15-20-5-3-4-19(12-20)13-24-21(23-2)26-8-6-22(16-26)7-10-27-17-22;/h3-5,12,18H,6-11,13-17H2,1-2H3,(H,23,24);1H. The van der Waals surface area contributed by atoms with E-state index in [0.29, 0.717) is 11.5 Å². The molecule has 162 valence electrons. The van der Waals surface area contributed by atoms with Crippen LogP contribution in [-0.2, 0) is 22.6 Å². The predicted molar refractivity (Wildman–Crippen MR) is 127 cm³/mol. The van der Waals surface area contributed by atoms with E-state index in [1.54, 1.807) is 0 Å².